The highest BCUT2D eigenvalue weighted by Gasteiger charge is 2.17. The predicted octanol–water partition coefficient (Wildman–Crippen LogP) is 2.84. The van der Waals surface area contributed by atoms with Crippen molar-refractivity contribution >= 4 is 31.6 Å². The van der Waals surface area contributed by atoms with Crippen LogP contribution in [0.1, 0.15) is 17.1 Å². The van der Waals surface area contributed by atoms with E-state index in [1.807, 2.05) is 0 Å². The first-order valence-corrected chi connectivity index (χ1v) is 11.8. The van der Waals surface area contributed by atoms with Crippen molar-refractivity contribution in [1.82, 2.24) is 9.97 Å². The zero-order valence-electron chi connectivity index (χ0n) is 15.8. The third kappa shape index (κ3) is 5.75. The van der Waals surface area contributed by atoms with Crippen LogP contribution in [0.15, 0.2) is 65.6 Å². The lowest BCUT2D eigenvalue weighted by molar-refractivity contribution is 0.599. The van der Waals surface area contributed by atoms with Crippen molar-refractivity contribution in [2.45, 2.75) is 24.5 Å². The Morgan fingerprint density at radius 2 is 1.48 bits per heavy atom. The molecule has 0 saturated carbocycles. The number of sulfonamides is 2. The fourth-order valence-corrected chi connectivity index (χ4v) is 4.87. The molecule has 3 rings (SSSR count). The molecule has 2 aromatic carbocycles. The Balaban J connectivity index is 1.73. The van der Waals surface area contributed by atoms with E-state index in [0.29, 0.717) is 17.1 Å². The summed E-state index contributed by atoms with van der Waals surface area (Å²) in [7, 11) is -7.50. The van der Waals surface area contributed by atoms with E-state index < -0.39 is 20.0 Å². The average molecular weight is 433 g/mol. The summed E-state index contributed by atoms with van der Waals surface area (Å²) in [6.07, 6.45) is 0. The first-order chi connectivity index (χ1) is 13.6. The molecule has 0 unspecified atom stereocenters. The van der Waals surface area contributed by atoms with Crippen molar-refractivity contribution in [3.8, 4) is 0 Å². The van der Waals surface area contributed by atoms with Gasteiger partial charge in [-0.3, -0.25) is 9.44 Å². The smallest absolute Gasteiger partial charge is 0.263 e. The van der Waals surface area contributed by atoms with Crippen molar-refractivity contribution in [2.24, 2.45) is 0 Å². The third-order valence-electron chi connectivity index (χ3n) is 3.84. The van der Waals surface area contributed by atoms with E-state index in [9.17, 15) is 16.8 Å². The van der Waals surface area contributed by atoms with Crippen LogP contribution in [0, 0.1) is 13.8 Å². The summed E-state index contributed by atoms with van der Waals surface area (Å²) < 4.78 is 54.5. The maximum Gasteiger partial charge on any atom is 0.263 e. The highest BCUT2D eigenvalue weighted by Crippen LogP contribution is 2.19. The van der Waals surface area contributed by atoms with Gasteiger partial charge in [0.1, 0.15) is 11.6 Å². The standard InChI is InChI=1S/C19H20N4O4S2/c1-14-12-19(21-15(2)20-14)23-29(26,27)18-10-8-17(9-11-18)22-28(24,25)13-16-6-4-3-5-7-16/h3-12,22H,13H2,1-2H3,(H,20,21,23). The summed E-state index contributed by atoms with van der Waals surface area (Å²) >= 11 is 0. The minimum Gasteiger partial charge on any atom is -0.283 e. The van der Waals surface area contributed by atoms with Crippen LogP contribution in [0.2, 0.25) is 0 Å². The van der Waals surface area contributed by atoms with Gasteiger partial charge in [-0.15, -0.1) is 0 Å². The molecule has 0 amide bonds. The van der Waals surface area contributed by atoms with Crippen molar-refractivity contribution in [2.75, 3.05) is 9.44 Å². The zero-order chi connectivity index (χ0) is 21.1. The molecule has 1 heterocycles. The molecule has 0 aliphatic carbocycles. The van der Waals surface area contributed by atoms with Gasteiger partial charge in [0.2, 0.25) is 10.0 Å². The topological polar surface area (TPSA) is 118 Å². The van der Waals surface area contributed by atoms with Crippen LogP contribution in [-0.2, 0) is 25.8 Å². The third-order valence-corrected chi connectivity index (χ3v) is 6.47. The second kappa shape index (κ2) is 8.18. The van der Waals surface area contributed by atoms with Crippen LogP contribution in [0.3, 0.4) is 0 Å². The highest BCUT2D eigenvalue weighted by atomic mass is 32.2. The molecule has 0 saturated heterocycles. The first kappa shape index (κ1) is 20.7. The summed E-state index contributed by atoms with van der Waals surface area (Å²) in [6.45, 7) is 3.41. The molecule has 0 fully saturated rings. The average Bonchev–Trinajstić information content (AvgIpc) is 2.61. The van der Waals surface area contributed by atoms with Crippen molar-refractivity contribution in [3.63, 3.8) is 0 Å². The summed E-state index contributed by atoms with van der Waals surface area (Å²) in [4.78, 5) is 8.14. The second-order valence-corrected chi connectivity index (χ2v) is 9.82. The van der Waals surface area contributed by atoms with Gasteiger partial charge in [-0.1, -0.05) is 30.3 Å². The maximum absolute atomic E-state index is 12.6. The molecular weight excluding hydrogens is 412 g/mol. The lowest BCUT2D eigenvalue weighted by Gasteiger charge is -2.11. The Hall–Kier alpha value is -2.98. The van der Waals surface area contributed by atoms with Crippen LogP contribution in [0.5, 0.6) is 0 Å². The maximum atomic E-state index is 12.6. The Morgan fingerprint density at radius 1 is 0.828 bits per heavy atom. The van der Waals surface area contributed by atoms with Gasteiger partial charge >= 0.3 is 0 Å². The molecule has 0 bridgehead atoms. The predicted molar refractivity (Wildman–Crippen MR) is 111 cm³/mol. The van der Waals surface area contributed by atoms with Crippen LogP contribution >= 0.6 is 0 Å². The summed E-state index contributed by atoms with van der Waals surface area (Å²) in [5, 5.41) is 0. The fourth-order valence-electron chi connectivity index (χ4n) is 2.68. The molecule has 3 aromatic rings. The number of aromatic nitrogens is 2. The molecule has 2 N–H and O–H groups in total. The van der Waals surface area contributed by atoms with Crippen LogP contribution in [0.4, 0.5) is 11.5 Å². The lowest BCUT2D eigenvalue weighted by Crippen LogP contribution is -2.16. The number of benzene rings is 2. The molecule has 0 aliphatic heterocycles. The van der Waals surface area contributed by atoms with E-state index >= 15 is 0 Å². The molecule has 29 heavy (non-hydrogen) atoms. The van der Waals surface area contributed by atoms with E-state index in [0.717, 1.165) is 0 Å². The second-order valence-electron chi connectivity index (χ2n) is 6.42. The molecule has 152 valence electrons. The van der Waals surface area contributed by atoms with Crippen LogP contribution < -0.4 is 9.44 Å². The number of aryl methyl sites for hydroxylation is 2. The number of anilines is 2. The minimum atomic E-state index is -3.87. The van der Waals surface area contributed by atoms with E-state index in [-0.39, 0.29) is 22.2 Å². The van der Waals surface area contributed by atoms with Gasteiger partial charge in [0.25, 0.3) is 10.0 Å². The quantitative estimate of drug-likeness (QED) is 0.593. The van der Waals surface area contributed by atoms with Gasteiger partial charge in [-0.05, 0) is 43.7 Å². The molecule has 8 nitrogen and oxygen atoms in total. The number of hydrogen-bond acceptors (Lipinski definition) is 6. The van der Waals surface area contributed by atoms with Gasteiger partial charge in [0.05, 0.1) is 10.6 Å². The summed E-state index contributed by atoms with van der Waals surface area (Å²) in [5.74, 6) is 0.440. The number of hydrogen-bond donors (Lipinski definition) is 2. The monoisotopic (exact) mass is 432 g/mol. The highest BCUT2D eigenvalue weighted by molar-refractivity contribution is 7.92. The van der Waals surface area contributed by atoms with E-state index in [1.54, 1.807) is 44.2 Å². The van der Waals surface area contributed by atoms with Crippen LogP contribution in [0.25, 0.3) is 0 Å². The molecular formula is C19H20N4O4S2. The van der Waals surface area contributed by atoms with Gasteiger partial charge in [-0.2, -0.15) is 0 Å². The molecule has 0 atom stereocenters. The zero-order valence-corrected chi connectivity index (χ0v) is 17.5. The van der Waals surface area contributed by atoms with Gasteiger partial charge < -0.3 is 0 Å². The Bertz CT molecular complexity index is 1190. The normalized spacial score (nSPS) is 11.8. The van der Waals surface area contributed by atoms with E-state index in [2.05, 4.69) is 19.4 Å². The molecule has 0 aliphatic rings. The van der Waals surface area contributed by atoms with Crippen molar-refractivity contribution in [1.29, 1.82) is 0 Å². The minimum absolute atomic E-state index is 0.0163. The van der Waals surface area contributed by atoms with Crippen molar-refractivity contribution < 1.29 is 16.8 Å². The largest absolute Gasteiger partial charge is 0.283 e. The fraction of sp³-hybridized carbons (Fsp3) is 0.158. The first-order valence-electron chi connectivity index (χ1n) is 8.63. The summed E-state index contributed by atoms with van der Waals surface area (Å²) in [5.41, 5.74) is 1.56. The number of nitrogens with zero attached hydrogens (tertiary/aromatic N) is 2. The van der Waals surface area contributed by atoms with E-state index in [4.69, 9.17) is 0 Å². The molecule has 10 heteroatoms. The van der Waals surface area contributed by atoms with Gasteiger partial charge in [0.15, 0.2) is 0 Å². The Labute approximate surface area is 170 Å². The lowest BCUT2D eigenvalue weighted by atomic mass is 10.2. The Morgan fingerprint density at radius 3 is 2.10 bits per heavy atom. The SMILES string of the molecule is Cc1cc(NS(=O)(=O)c2ccc(NS(=O)(=O)Cc3ccccc3)cc2)nc(C)n1. The Kier molecular flexibility index (Phi) is 5.85. The molecule has 0 spiro atoms. The molecule has 1 aromatic heterocycles. The van der Waals surface area contributed by atoms with Crippen molar-refractivity contribution in [3.05, 3.63) is 77.7 Å². The van der Waals surface area contributed by atoms with Gasteiger partial charge in [0, 0.05) is 17.4 Å². The van der Waals surface area contributed by atoms with E-state index in [1.165, 1.54) is 30.3 Å². The van der Waals surface area contributed by atoms with Gasteiger partial charge in [-0.25, -0.2) is 26.8 Å². The van der Waals surface area contributed by atoms with Crippen LogP contribution in [-0.4, -0.2) is 26.8 Å². The number of nitrogens with one attached hydrogen (secondary N) is 2. The molecule has 0 radical (unpaired) electrons. The summed E-state index contributed by atoms with van der Waals surface area (Å²) in [6, 6.07) is 15.7. The number of rotatable bonds is 7.